The second-order valence-electron chi connectivity index (χ2n) is 9.36. The number of rotatable bonds is 7. The summed E-state index contributed by atoms with van der Waals surface area (Å²) in [5.74, 6) is 1.04. The van der Waals surface area contributed by atoms with Gasteiger partial charge in [0.25, 0.3) is 5.91 Å². The summed E-state index contributed by atoms with van der Waals surface area (Å²) in [5.41, 5.74) is 4.90. The molecule has 1 aliphatic carbocycles. The Kier molecular flexibility index (Phi) is 6.54. The van der Waals surface area contributed by atoms with Crippen LogP contribution in [-0.2, 0) is 26.1 Å². The van der Waals surface area contributed by atoms with Gasteiger partial charge in [0.1, 0.15) is 11.5 Å². The molecular weight excluding hydrogens is 428 g/mol. The summed E-state index contributed by atoms with van der Waals surface area (Å²) in [7, 11) is 1.66. The van der Waals surface area contributed by atoms with Crippen molar-refractivity contribution < 1.29 is 14.6 Å². The van der Waals surface area contributed by atoms with E-state index in [4.69, 9.17) is 9.84 Å². The third-order valence-electron chi connectivity index (χ3n) is 6.93. The van der Waals surface area contributed by atoms with Crippen molar-refractivity contribution in [1.82, 2.24) is 20.0 Å². The first-order valence-electron chi connectivity index (χ1n) is 12.1. The van der Waals surface area contributed by atoms with Gasteiger partial charge in [-0.05, 0) is 48.2 Å². The maximum Gasteiger partial charge on any atom is 0.272 e. The molecule has 0 spiro atoms. The minimum absolute atomic E-state index is 0.0594. The number of nitrogens with zero attached hydrogens (tertiary/aromatic N) is 3. The smallest absolute Gasteiger partial charge is 0.272 e. The fraction of sp³-hybridized carbons (Fsp3) is 0.407. The summed E-state index contributed by atoms with van der Waals surface area (Å²) in [6, 6.07) is 15.6. The van der Waals surface area contributed by atoms with Crippen molar-refractivity contribution in [3.8, 4) is 11.5 Å². The number of fused-ring (bicyclic) bond motifs is 1. The van der Waals surface area contributed by atoms with Gasteiger partial charge in [-0.3, -0.25) is 14.4 Å². The highest BCUT2D eigenvalue weighted by Crippen LogP contribution is 2.27. The summed E-state index contributed by atoms with van der Waals surface area (Å²) in [4.78, 5) is 15.6. The number of hydrogen-bond acceptors (Lipinski definition) is 5. The minimum Gasteiger partial charge on any atom is -0.508 e. The molecule has 2 aliphatic rings. The van der Waals surface area contributed by atoms with Gasteiger partial charge in [0.05, 0.1) is 13.7 Å². The van der Waals surface area contributed by atoms with Crippen LogP contribution in [0.1, 0.15) is 58.6 Å². The van der Waals surface area contributed by atoms with Gasteiger partial charge in [-0.15, -0.1) is 0 Å². The Morgan fingerprint density at radius 1 is 1.12 bits per heavy atom. The van der Waals surface area contributed by atoms with E-state index in [0.29, 0.717) is 18.8 Å². The molecule has 2 aromatic carbocycles. The predicted octanol–water partition coefficient (Wildman–Crippen LogP) is 3.88. The first-order valence-corrected chi connectivity index (χ1v) is 12.1. The highest BCUT2D eigenvalue weighted by Gasteiger charge is 2.29. The molecule has 7 heteroatoms. The number of benzene rings is 2. The van der Waals surface area contributed by atoms with Crippen molar-refractivity contribution in [2.24, 2.45) is 0 Å². The largest absolute Gasteiger partial charge is 0.508 e. The summed E-state index contributed by atoms with van der Waals surface area (Å²) in [5, 5.41) is 17.9. The molecule has 1 amide bonds. The van der Waals surface area contributed by atoms with Crippen LogP contribution in [-0.4, -0.2) is 45.4 Å². The number of amides is 1. The molecule has 1 fully saturated rings. The Balaban J connectivity index is 1.40. The van der Waals surface area contributed by atoms with Gasteiger partial charge in [-0.2, -0.15) is 5.10 Å². The van der Waals surface area contributed by atoms with Gasteiger partial charge in [-0.1, -0.05) is 37.1 Å². The van der Waals surface area contributed by atoms with Gasteiger partial charge in [-0.25, -0.2) is 0 Å². The van der Waals surface area contributed by atoms with Gasteiger partial charge in [0.15, 0.2) is 5.69 Å². The molecule has 3 aromatic rings. The number of phenols is 1. The van der Waals surface area contributed by atoms with Crippen LogP contribution in [0.15, 0.2) is 48.5 Å². The second kappa shape index (κ2) is 9.89. The van der Waals surface area contributed by atoms with Crippen LogP contribution < -0.4 is 10.1 Å². The molecule has 0 unspecified atom stereocenters. The molecule has 178 valence electrons. The van der Waals surface area contributed by atoms with E-state index >= 15 is 0 Å². The fourth-order valence-electron chi connectivity index (χ4n) is 5.14. The van der Waals surface area contributed by atoms with Crippen molar-refractivity contribution in [3.05, 3.63) is 76.6 Å². The maximum atomic E-state index is 13.3. The first kappa shape index (κ1) is 22.5. The molecule has 0 radical (unpaired) electrons. The normalized spacial score (nSPS) is 16.4. The van der Waals surface area contributed by atoms with Crippen molar-refractivity contribution in [3.63, 3.8) is 0 Å². The average molecular weight is 461 g/mol. The van der Waals surface area contributed by atoms with Crippen molar-refractivity contribution in [2.75, 3.05) is 13.7 Å². The molecule has 2 heterocycles. The van der Waals surface area contributed by atoms with E-state index in [1.807, 2.05) is 41.1 Å². The topological polar surface area (TPSA) is 79.6 Å². The first-order chi connectivity index (χ1) is 16.6. The Morgan fingerprint density at radius 3 is 2.65 bits per heavy atom. The molecule has 0 atom stereocenters. The summed E-state index contributed by atoms with van der Waals surface area (Å²) >= 11 is 0. The SMILES string of the molecule is COc1ccc(Cn2nc(C(=O)NC3CCCC3)c3c2CCN(Cc2cccc(O)c2)C3)cc1. The molecule has 34 heavy (non-hydrogen) atoms. The number of methoxy groups -OCH3 is 1. The quantitative estimate of drug-likeness (QED) is 0.560. The molecule has 5 rings (SSSR count). The van der Waals surface area contributed by atoms with Crippen LogP contribution in [0.5, 0.6) is 11.5 Å². The van der Waals surface area contributed by atoms with E-state index in [2.05, 4.69) is 10.2 Å². The number of aromatic hydroxyl groups is 1. The zero-order valence-electron chi connectivity index (χ0n) is 19.7. The van der Waals surface area contributed by atoms with Crippen LogP contribution in [0.3, 0.4) is 0 Å². The second-order valence-corrected chi connectivity index (χ2v) is 9.36. The van der Waals surface area contributed by atoms with E-state index < -0.39 is 0 Å². The highest BCUT2D eigenvalue weighted by molar-refractivity contribution is 5.94. The van der Waals surface area contributed by atoms with Crippen molar-refractivity contribution in [1.29, 1.82) is 0 Å². The Bertz CT molecular complexity index is 1150. The Morgan fingerprint density at radius 2 is 1.91 bits per heavy atom. The summed E-state index contributed by atoms with van der Waals surface area (Å²) < 4.78 is 7.29. The Hall–Kier alpha value is -3.32. The minimum atomic E-state index is -0.0594. The summed E-state index contributed by atoms with van der Waals surface area (Å²) in [6.45, 7) is 2.89. The number of phenolic OH excluding ortho intramolecular Hbond substituents is 1. The van der Waals surface area contributed by atoms with E-state index in [-0.39, 0.29) is 17.7 Å². The average Bonchev–Trinajstić information content (AvgIpc) is 3.47. The molecule has 1 saturated carbocycles. The lowest BCUT2D eigenvalue weighted by atomic mass is 10.0. The number of aromatic nitrogens is 2. The number of carbonyl (C=O) groups is 1. The van der Waals surface area contributed by atoms with Crippen LogP contribution in [0, 0.1) is 0 Å². The highest BCUT2D eigenvalue weighted by atomic mass is 16.5. The number of nitrogens with one attached hydrogen (secondary N) is 1. The molecule has 2 N–H and O–H groups in total. The molecule has 1 aliphatic heterocycles. The summed E-state index contributed by atoms with van der Waals surface area (Å²) in [6.07, 6.45) is 5.27. The fourth-order valence-corrected chi connectivity index (χ4v) is 5.14. The van der Waals surface area contributed by atoms with Crippen LogP contribution >= 0.6 is 0 Å². The predicted molar refractivity (Wildman–Crippen MR) is 130 cm³/mol. The van der Waals surface area contributed by atoms with Crippen LogP contribution in [0.25, 0.3) is 0 Å². The zero-order chi connectivity index (χ0) is 23.5. The third-order valence-corrected chi connectivity index (χ3v) is 6.93. The lowest BCUT2D eigenvalue weighted by Gasteiger charge is -2.28. The standard InChI is InChI=1S/C27H32N4O3/c1-34-23-11-9-19(10-12-23)17-31-25-13-14-30(16-20-5-4-8-22(32)15-20)18-24(25)26(29-31)27(33)28-21-6-2-3-7-21/h4-5,8-12,15,21,32H,2-3,6-7,13-14,16-18H2,1H3,(H,28,33). The molecular formula is C27H32N4O3. The van der Waals surface area contributed by atoms with E-state index in [0.717, 1.165) is 60.5 Å². The van der Waals surface area contributed by atoms with Gasteiger partial charge in [0, 0.05) is 43.4 Å². The molecule has 0 bridgehead atoms. The monoisotopic (exact) mass is 460 g/mol. The van der Waals surface area contributed by atoms with Crippen LogP contribution in [0.4, 0.5) is 0 Å². The lowest BCUT2D eigenvalue weighted by Crippen LogP contribution is -2.35. The van der Waals surface area contributed by atoms with Gasteiger partial charge >= 0.3 is 0 Å². The van der Waals surface area contributed by atoms with Gasteiger partial charge in [0.2, 0.25) is 0 Å². The van der Waals surface area contributed by atoms with E-state index in [9.17, 15) is 9.90 Å². The van der Waals surface area contributed by atoms with E-state index in [1.54, 1.807) is 19.2 Å². The Labute approximate surface area is 200 Å². The third kappa shape index (κ3) is 4.94. The molecule has 0 saturated heterocycles. The zero-order valence-corrected chi connectivity index (χ0v) is 19.7. The molecule has 7 nitrogen and oxygen atoms in total. The van der Waals surface area contributed by atoms with Gasteiger partial charge < -0.3 is 15.2 Å². The van der Waals surface area contributed by atoms with Crippen molar-refractivity contribution in [2.45, 2.75) is 57.8 Å². The maximum absolute atomic E-state index is 13.3. The van der Waals surface area contributed by atoms with Crippen LogP contribution in [0.2, 0.25) is 0 Å². The number of ether oxygens (including phenoxy) is 1. The molecule has 1 aromatic heterocycles. The lowest BCUT2D eigenvalue weighted by molar-refractivity contribution is 0.0929. The number of hydrogen-bond donors (Lipinski definition) is 2. The number of carbonyl (C=O) groups excluding carboxylic acids is 1. The van der Waals surface area contributed by atoms with E-state index in [1.165, 1.54) is 12.8 Å². The van der Waals surface area contributed by atoms with Crippen molar-refractivity contribution >= 4 is 5.91 Å².